The van der Waals surface area contributed by atoms with Crippen LogP contribution in [0.15, 0.2) is 35.2 Å². The third kappa shape index (κ3) is 2.31. The second-order valence-electron chi connectivity index (χ2n) is 4.76. The van der Waals surface area contributed by atoms with Crippen LogP contribution >= 0.6 is 11.8 Å². The highest BCUT2D eigenvalue weighted by Crippen LogP contribution is 2.37. The van der Waals surface area contributed by atoms with Gasteiger partial charge in [0.25, 0.3) is 0 Å². The number of halogens is 1. The van der Waals surface area contributed by atoms with E-state index in [9.17, 15) is 4.39 Å². The maximum absolute atomic E-state index is 13.5. The van der Waals surface area contributed by atoms with Gasteiger partial charge >= 0.3 is 0 Å². The van der Waals surface area contributed by atoms with E-state index in [1.165, 1.54) is 10.7 Å². The molecule has 2 aromatic heterocycles. The van der Waals surface area contributed by atoms with Crippen LogP contribution in [0.1, 0.15) is 18.0 Å². The van der Waals surface area contributed by atoms with Gasteiger partial charge in [0, 0.05) is 10.6 Å². The first-order valence-corrected chi connectivity index (χ1v) is 7.52. The van der Waals surface area contributed by atoms with Crippen molar-refractivity contribution < 1.29 is 4.39 Å². The van der Waals surface area contributed by atoms with Crippen molar-refractivity contribution in [1.29, 1.82) is 0 Å². The number of rotatable bonds is 2. The molecule has 4 rings (SSSR count). The number of thioether (sulfide) groups is 1. The highest BCUT2D eigenvalue weighted by Gasteiger charge is 2.21. The number of nitrogens with zero attached hydrogens (tertiary/aromatic N) is 5. The molecule has 8 heteroatoms. The molecule has 1 aromatic carbocycles. The molecule has 21 heavy (non-hydrogen) atoms. The first-order valence-electron chi connectivity index (χ1n) is 6.54. The van der Waals surface area contributed by atoms with Gasteiger partial charge < -0.3 is 5.32 Å². The third-order valence-corrected chi connectivity index (χ3v) is 4.53. The zero-order valence-corrected chi connectivity index (χ0v) is 11.7. The van der Waals surface area contributed by atoms with Crippen molar-refractivity contribution >= 4 is 23.2 Å². The Morgan fingerprint density at radius 1 is 1.29 bits per heavy atom. The number of anilines is 1. The van der Waals surface area contributed by atoms with Gasteiger partial charge in [0.05, 0.1) is 6.04 Å². The predicted octanol–water partition coefficient (Wildman–Crippen LogP) is 2.31. The Morgan fingerprint density at radius 3 is 3.19 bits per heavy atom. The van der Waals surface area contributed by atoms with Crippen LogP contribution in [0.4, 0.5) is 10.2 Å². The Labute approximate surface area is 123 Å². The summed E-state index contributed by atoms with van der Waals surface area (Å²) in [5, 5.41) is 18.8. The molecule has 0 bridgehead atoms. The van der Waals surface area contributed by atoms with E-state index in [2.05, 4.69) is 25.9 Å². The SMILES string of the molecule is Fc1ccc2c(c1)C(Nc1ccc3nnnn3n1)CCS2. The molecule has 3 heterocycles. The van der Waals surface area contributed by atoms with Crippen LogP contribution in [0.2, 0.25) is 0 Å². The van der Waals surface area contributed by atoms with Crippen molar-refractivity contribution in [2.75, 3.05) is 11.1 Å². The van der Waals surface area contributed by atoms with E-state index < -0.39 is 0 Å². The highest BCUT2D eigenvalue weighted by molar-refractivity contribution is 7.99. The van der Waals surface area contributed by atoms with E-state index >= 15 is 0 Å². The van der Waals surface area contributed by atoms with Crippen molar-refractivity contribution in [3.8, 4) is 0 Å². The van der Waals surface area contributed by atoms with Gasteiger partial charge in [0.2, 0.25) is 0 Å². The van der Waals surface area contributed by atoms with Crippen LogP contribution in [0.25, 0.3) is 5.65 Å². The quantitative estimate of drug-likeness (QED) is 0.783. The summed E-state index contributed by atoms with van der Waals surface area (Å²) in [7, 11) is 0. The maximum atomic E-state index is 13.5. The lowest BCUT2D eigenvalue weighted by molar-refractivity contribution is 0.615. The molecular weight excluding hydrogens is 291 g/mol. The molecule has 1 unspecified atom stereocenters. The fraction of sp³-hybridized carbons (Fsp3) is 0.231. The van der Waals surface area contributed by atoms with E-state index in [0.29, 0.717) is 11.5 Å². The summed E-state index contributed by atoms with van der Waals surface area (Å²) in [6.07, 6.45) is 0.913. The Kier molecular flexibility index (Phi) is 2.95. The highest BCUT2D eigenvalue weighted by atomic mass is 32.2. The summed E-state index contributed by atoms with van der Waals surface area (Å²) in [6, 6.07) is 8.58. The minimum Gasteiger partial charge on any atom is -0.362 e. The minimum absolute atomic E-state index is 0.0402. The van der Waals surface area contributed by atoms with Crippen LogP contribution in [-0.4, -0.2) is 31.0 Å². The molecular formula is C13H11FN6S. The van der Waals surface area contributed by atoms with Gasteiger partial charge in [-0.15, -0.1) is 26.6 Å². The predicted molar refractivity (Wildman–Crippen MR) is 76.7 cm³/mol. The van der Waals surface area contributed by atoms with Crippen molar-refractivity contribution in [2.24, 2.45) is 0 Å². The van der Waals surface area contributed by atoms with E-state index in [1.807, 2.05) is 12.1 Å². The molecule has 0 saturated heterocycles. The van der Waals surface area contributed by atoms with Gasteiger partial charge in [-0.3, -0.25) is 0 Å². The Hall–Kier alpha value is -2.22. The average Bonchev–Trinajstić information content (AvgIpc) is 2.95. The lowest BCUT2D eigenvalue weighted by Crippen LogP contribution is -2.17. The zero-order valence-electron chi connectivity index (χ0n) is 10.9. The van der Waals surface area contributed by atoms with E-state index in [-0.39, 0.29) is 11.9 Å². The summed E-state index contributed by atoms with van der Waals surface area (Å²) >= 11 is 1.75. The smallest absolute Gasteiger partial charge is 0.200 e. The van der Waals surface area contributed by atoms with Crippen molar-refractivity contribution in [2.45, 2.75) is 17.4 Å². The fourth-order valence-electron chi connectivity index (χ4n) is 2.42. The molecule has 1 atom stereocenters. The summed E-state index contributed by atoms with van der Waals surface area (Å²) in [5.74, 6) is 1.44. The zero-order chi connectivity index (χ0) is 14.2. The van der Waals surface area contributed by atoms with Gasteiger partial charge in [-0.1, -0.05) is 0 Å². The molecule has 1 aliphatic rings. The van der Waals surface area contributed by atoms with E-state index in [1.54, 1.807) is 23.9 Å². The monoisotopic (exact) mass is 302 g/mol. The van der Waals surface area contributed by atoms with Crippen LogP contribution in [-0.2, 0) is 0 Å². The Balaban J connectivity index is 1.67. The number of hydrogen-bond acceptors (Lipinski definition) is 6. The first-order chi connectivity index (χ1) is 10.3. The van der Waals surface area contributed by atoms with Gasteiger partial charge in [-0.25, -0.2) is 4.39 Å². The number of tetrazole rings is 1. The average molecular weight is 302 g/mol. The second-order valence-corrected chi connectivity index (χ2v) is 5.90. The Morgan fingerprint density at radius 2 is 2.24 bits per heavy atom. The maximum Gasteiger partial charge on any atom is 0.200 e. The summed E-state index contributed by atoms with van der Waals surface area (Å²) < 4.78 is 14.9. The molecule has 3 aromatic rings. The lowest BCUT2D eigenvalue weighted by Gasteiger charge is -2.26. The van der Waals surface area contributed by atoms with Crippen LogP contribution in [0.3, 0.4) is 0 Å². The molecule has 0 amide bonds. The van der Waals surface area contributed by atoms with Crippen LogP contribution in [0, 0.1) is 5.82 Å². The largest absolute Gasteiger partial charge is 0.362 e. The molecule has 1 N–H and O–H groups in total. The van der Waals surface area contributed by atoms with E-state index in [0.717, 1.165) is 22.6 Å². The minimum atomic E-state index is -0.216. The third-order valence-electron chi connectivity index (χ3n) is 3.40. The summed E-state index contributed by atoms with van der Waals surface area (Å²) in [6.45, 7) is 0. The van der Waals surface area contributed by atoms with Gasteiger partial charge in [0.15, 0.2) is 5.65 Å². The molecule has 106 valence electrons. The van der Waals surface area contributed by atoms with Crippen molar-refractivity contribution in [3.05, 3.63) is 41.7 Å². The van der Waals surface area contributed by atoms with Crippen molar-refractivity contribution in [1.82, 2.24) is 25.3 Å². The molecule has 0 radical (unpaired) electrons. The standard InChI is InChI=1S/C13H11FN6S/c14-8-1-2-11-9(7-8)10(5-6-21-11)15-12-3-4-13-16-18-19-20(13)17-12/h1-4,7,10H,5-6H2,(H,15,17). The topological polar surface area (TPSA) is 68.0 Å². The van der Waals surface area contributed by atoms with Crippen LogP contribution < -0.4 is 5.32 Å². The summed E-state index contributed by atoms with van der Waals surface area (Å²) in [5.41, 5.74) is 1.57. The van der Waals surface area contributed by atoms with Gasteiger partial charge in [-0.2, -0.15) is 0 Å². The van der Waals surface area contributed by atoms with Crippen LogP contribution in [0.5, 0.6) is 0 Å². The number of aromatic nitrogens is 5. The van der Waals surface area contributed by atoms with Gasteiger partial charge in [-0.05, 0) is 52.7 Å². The lowest BCUT2D eigenvalue weighted by atomic mass is 10.0. The summed E-state index contributed by atoms with van der Waals surface area (Å²) in [4.78, 5) is 1.11. The Bertz CT molecular complexity index is 804. The molecule has 6 nitrogen and oxygen atoms in total. The molecule has 0 saturated carbocycles. The number of nitrogens with one attached hydrogen (secondary N) is 1. The molecule has 1 aliphatic heterocycles. The number of fused-ring (bicyclic) bond motifs is 2. The second kappa shape index (κ2) is 4.96. The van der Waals surface area contributed by atoms with Crippen molar-refractivity contribution in [3.63, 3.8) is 0 Å². The van der Waals surface area contributed by atoms with E-state index in [4.69, 9.17) is 0 Å². The molecule has 0 spiro atoms. The normalized spacial score (nSPS) is 17.7. The fourth-order valence-corrected chi connectivity index (χ4v) is 3.53. The molecule has 0 fully saturated rings. The van der Waals surface area contributed by atoms with Gasteiger partial charge in [0.1, 0.15) is 11.6 Å². The molecule has 0 aliphatic carbocycles. The number of benzene rings is 1. The first kappa shape index (κ1) is 12.5. The number of hydrogen-bond donors (Lipinski definition) is 1.